The Morgan fingerprint density at radius 2 is 1.79 bits per heavy atom. The van der Waals surface area contributed by atoms with Gasteiger partial charge in [0.15, 0.2) is 0 Å². The second kappa shape index (κ2) is 3.34. The molecule has 0 aliphatic carbocycles. The Balaban J connectivity index is 2.45. The van der Waals surface area contributed by atoms with Crippen molar-refractivity contribution in [1.82, 2.24) is 0 Å². The van der Waals surface area contributed by atoms with E-state index in [-0.39, 0.29) is 0 Å². The molecule has 1 aromatic rings. The van der Waals surface area contributed by atoms with Crippen LogP contribution in [0.2, 0.25) is 0 Å². The van der Waals surface area contributed by atoms with E-state index in [0.29, 0.717) is 0 Å². The Bertz CT molecular complexity index is 374. The summed E-state index contributed by atoms with van der Waals surface area (Å²) in [6, 6.07) is 6.14. The maximum Gasteiger partial charge on any atom is 0.0991 e. The first kappa shape index (κ1) is 9.08. The quantitative estimate of drug-likeness (QED) is 0.673. The van der Waals surface area contributed by atoms with Gasteiger partial charge in [0.2, 0.25) is 0 Å². The van der Waals surface area contributed by atoms with Crippen molar-refractivity contribution >= 4 is 5.69 Å². The van der Waals surface area contributed by atoms with Crippen LogP contribution in [0.15, 0.2) is 12.1 Å². The minimum atomic E-state index is 0.768. The summed E-state index contributed by atoms with van der Waals surface area (Å²) < 4.78 is 0. The van der Waals surface area contributed by atoms with E-state index in [4.69, 9.17) is 5.26 Å². The SMILES string of the molecule is Cc1cc(C#N)cc(C)c1N1CCC1. The predicted octanol–water partition coefficient (Wildman–Crippen LogP) is 2.39. The molecule has 2 nitrogen and oxygen atoms in total. The van der Waals surface area contributed by atoms with Gasteiger partial charge in [-0.1, -0.05) is 0 Å². The highest BCUT2D eigenvalue weighted by molar-refractivity contribution is 5.62. The molecule has 0 amide bonds. The van der Waals surface area contributed by atoms with Gasteiger partial charge >= 0.3 is 0 Å². The molecule has 0 saturated carbocycles. The summed E-state index contributed by atoms with van der Waals surface area (Å²) in [5, 5.41) is 8.82. The number of nitrogens with zero attached hydrogens (tertiary/aromatic N) is 2. The van der Waals surface area contributed by atoms with E-state index in [1.54, 1.807) is 0 Å². The fraction of sp³-hybridized carbons (Fsp3) is 0.417. The molecule has 2 rings (SSSR count). The zero-order valence-electron chi connectivity index (χ0n) is 8.67. The highest BCUT2D eigenvalue weighted by Gasteiger charge is 2.18. The van der Waals surface area contributed by atoms with Crippen LogP contribution in [0.1, 0.15) is 23.1 Å². The Kier molecular flexibility index (Phi) is 2.17. The van der Waals surface area contributed by atoms with E-state index in [2.05, 4.69) is 24.8 Å². The standard InChI is InChI=1S/C12H14N2/c1-9-6-11(8-13)7-10(2)12(9)14-4-3-5-14/h6-7H,3-5H2,1-2H3. The summed E-state index contributed by atoms with van der Waals surface area (Å²) in [5.74, 6) is 0. The van der Waals surface area contributed by atoms with Gasteiger partial charge in [-0.25, -0.2) is 0 Å². The lowest BCUT2D eigenvalue weighted by Crippen LogP contribution is -2.38. The van der Waals surface area contributed by atoms with Gasteiger partial charge in [-0.15, -0.1) is 0 Å². The van der Waals surface area contributed by atoms with Crippen LogP contribution in [-0.4, -0.2) is 13.1 Å². The van der Waals surface area contributed by atoms with Crippen LogP contribution in [0.4, 0.5) is 5.69 Å². The lowest BCUT2D eigenvalue weighted by Gasteiger charge is -2.35. The highest BCUT2D eigenvalue weighted by atomic mass is 15.2. The van der Waals surface area contributed by atoms with Gasteiger partial charge < -0.3 is 4.90 Å². The van der Waals surface area contributed by atoms with E-state index in [9.17, 15) is 0 Å². The maximum atomic E-state index is 8.82. The van der Waals surface area contributed by atoms with E-state index >= 15 is 0 Å². The molecule has 0 bridgehead atoms. The minimum absolute atomic E-state index is 0.768. The Morgan fingerprint density at radius 3 is 2.14 bits per heavy atom. The molecule has 0 aromatic heterocycles. The first-order valence-electron chi connectivity index (χ1n) is 4.98. The van der Waals surface area contributed by atoms with Crippen LogP contribution in [0.3, 0.4) is 0 Å². The molecule has 72 valence electrons. The molecule has 0 unspecified atom stereocenters. The first-order valence-corrected chi connectivity index (χ1v) is 4.98. The fourth-order valence-electron chi connectivity index (χ4n) is 2.06. The van der Waals surface area contributed by atoms with Crippen molar-refractivity contribution in [2.24, 2.45) is 0 Å². The molecular weight excluding hydrogens is 172 g/mol. The van der Waals surface area contributed by atoms with Crippen LogP contribution < -0.4 is 4.90 Å². The van der Waals surface area contributed by atoms with Crippen LogP contribution in [-0.2, 0) is 0 Å². The van der Waals surface area contributed by atoms with Crippen LogP contribution in [0.25, 0.3) is 0 Å². The molecule has 0 radical (unpaired) electrons. The average molecular weight is 186 g/mol. The van der Waals surface area contributed by atoms with Crippen molar-refractivity contribution in [3.8, 4) is 6.07 Å². The van der Waals surface area contributed by atoms with Crippen molar-refractivity contribution < 1.29 is 0 Å². The average Bonchev–Trinajstić information content (AvgIpc) is 2.07. The second-order valence-corrected chi connectivity index (χ2v) is 3.91. The van der Waals surface area contributed by atoms with Gasteiger partial charge in [0.25, 0.3) is 0 Å². The molecule has 2 heteroatoms. The summed E-state index contributed by atoms with van der Waals surface area (Å²) in [5.41, 5.74) is 4.54. The molecule has 1 aliphatic rings. The van der Waals surface area contributed by atoms with Gasteiger partial charge in [0.1, 0.15) is 0 Å². The van der Waals surface area contributed by atoms with Crippen LogP contribution in [0, 0.1) is 25.2 Å². The zero-order chi connectivity index (χ0) is 10.1. The number of benzene rings is 1. The Hall–Kier alpha value is -1.49. The molecule has 0 N–H and O–H groups in total. The number of aryl methyl sites for hydroxylation is 2. The van der Waals surface area contributed by atoms with Gasteiger partial charge in [-0.2, -0.15) is 5.26 Å². The smallest absolute Gasteiger partial charge is 0.0991 e. The van der Waals surface area contributed by atoms with Crippen molar-refractivity contribution in [1.29, 1.82) is 5.26 Å². The van der Waals surface area contributed by atoms with Crippen molar-refractivity contribution in [3.63, 3.8) is 0 Å². The molecule has 1 fully saturated rings. The molecule has 14 heavy (non-hydrogen) atoms. The lowest BCUT2D eigenvalue weighted by molar-refractivity contribution is 0.614. The maximum absolute atomic E-state index is 8.82. The molecule has 1 heterocycles. The predicted molar refractivity (Wildman–Crippen MR) is 57.5 cm³/mol. The van der Waals surface area contributed by atoms with Crippen molar-refractivity contribution in [3.05, 3.63) is 28.8 Å². The van der Waals surface area contributed by atoms with E-state index in [1.165, 1.54) is 23.2 Å². The van der Waals surface area contributed by atoms with Gasteiger partial charge in [-0.05, 0) is 43.5 Å². The summed E-state index contributed by atoms with van der Waals surface area (Å²) in [4.78, 5) is 2.38. The fourth-order valence-corrected chi connectivity index (χ4v) is 2.06. The molecule has 1 aromatic carbocycles. The number of hydrogen-bond donors (Lipinski definition) is 0. The largest absolute Gasteiger partial charge is 0.371 e. The number of rotatable bonds is 1. The Morgan fingerprint density at radius 1 is 1.21 bits per heavy atom. The highest BCUT2D eigenvalue weighted by Crippen LogP contribution is 2.29. The topological polar surface area (TPSA) is 27.0 Å². The molecule has 1 aliphatic heterocycles. The summed E-state index contributed by atoms with van der Waals surface area (Å²) in [7, 11) is 0. The van der Waals surface area contributed by atoms with Crippen LogP contribution >= 0.6 is 0 Å². The zero-order valence-corrected chi connectivity index (χ0v) is 8.67. The van der Waals surface area contributed by atoms with E-state index < -0.39 is 0 Å². The van der Waals surface area contributed by atoms with Gasteiger partial charge in [-0.3, -0.25) is 0 Å². The normalized spacial score (nSPS) is 14.8. The van der Waals surface area contributed by atoms with E-state index in [1.807, 2.05) is 12.1 Å². The van der Waals surface area contributed by atoms with Gasteiger partial charge in [0.05, 0.1) is 11.6 Å². The molecular formula is C12H14N2. The summed E-state index contributed by atoms with van der Waals surface area (Å²) in [6.07, 6.45) is 1.29. The summed E-state index contributed by atoms with van der Waals surface area (Å²) >= 11 is 0. The van der Waals surface area contributed by atoms with Crippen molar-refractivity contribution in [2.45, 2.75) is 20.3 Å². The van der Waals surface area contributed by atoms with Crippen LogP contribution in [0.5, 0.6) is 0 Å². The van der Waals surface area contributed by atoms with Gasteiger partial charge in [0, 0.05) is 18.8 Å². The molecule has 1 saturated heterocycles. The second-order valence-electron chi connectivity index (χ2n) is 3.91. The molecule has 0 spiro atoms. The third kappa shape index (κ3) is 1.35. The minimum Gasteiger partial charge on any atom is -0.371 e. The number of hydrogen-bond acceptors (Lipinski definition) is 2. The first-order chi connectivity index (χ1) is 6.72. The van der Waals surface area contributed by atoms with E-state index in [0.717, 1.165) is 18.7 Å². The third-order valence-corrected chi connectivity index (χ3v) is 2.79. The number of nitriles is 1. The van der Waals surface area contributed by atoms with Crippen molar-refractivity contribution in [2.75, 3.05) is 18.0 Å². The number of anilines is 1. The summed E-state index contributed by atoms with van der Waals surface area (Å²) in [6.45, 7) is 6.49. The third-order valence-electron chi connectivity index (χ3n) is 2.79. The Labute approximate surface area is 84.8 Å². The monoisotopic (exact) mass is 186 g/mol. The molecule has 0 atom stereocenters. The lowest BCUT2D eigenvalue weighted by atomic mass is 10.0.